The van der Waals surface area contributed by atoms with Gasteiger partial charge >= 0.3 is 0 Å². The standard InChI is InChI=1S/C24H29FN2O5/c25-18-6-2-1-5-17(18)15-21-23(29)27(19-7-3-4-8-20(19)32-21)16-22(28)26-11-9-24(10-12-26)30-13-14-31-24/h1-2,5-6,15,19-20H,3-4,7-14,16H2/b21-15-. The van der Waals surface area contributed by atoms with Crippen LogP contribution in [0.25, 0.3) is 6.08 Å². The van der Waals surface area contributed by atoms with Crippen LogP contribution in [0.4, 0.5) is 4.39 Å². The molecule has 4 aliphatic rings. The first-order chi connectivity index (χ1) is 15.5. The second-order valence-corrected chi connectivity index (χ2v) is 8.96. The molecule has 7 nitrogen and oxygen atoms in total. The van der Waals surface area contributed by atoms with Crippen LogP contribution in [-0.2, 0) is 23.8 Å². The first-order valence-corrected chi connectivity index (χ1v) is 11.5. The predicted molar refractivity (Wildman–Crippen MR) is 114 cm³/mol. The molecule has 0 N–H and O–H groups in total. The zero-order chi connectivity index (χ0) is 22.1. The van der Waals surface area contributed by atoms with E-state index in [1.807, 2.05) is 0 Å². The van der Waals surface area contributed by atoms with E-state index in [0.29, 0.717) is 44.7 Å². The van der Waals surface area contributed by atoms with Gasteiger partial charge in [-0.1, -0.05) is 24.6 Å². The zero-order valence-electron chi connectivity index (χ0n) is 18.1. The van der Waals surface area contributed by atoms with Gasteiger partial charge in [-0.2, -0.15) is 0 Å². The number of likely N-dealkylation sites (tertiary alicyclic amines) is 1. The molecule has 1 saturated carbocycles. The molecule has 4 fully saturated rings. The third-order valence-corrected chi connectivity index (χ3v) is 7.01. The summed E-state index contributed by atoms with van der Waals surface area (Å²) in [6, 6.07) is 6.15. The Balaban J connectivity index is 1.32. The molecule has 1 aliphatic carbocycles. The normalized spacial score (nSPS) is 28.7. The number of hydrogen-bond acceptors (Lipinski definition) is 5. The summed E-state index contributed by atoms with van der Waals surface area (Å²) in [7, 11) is 0. The molecule has 1 spiro atoms. The van der Waals surface area contributed by atoms with Crippen molar-refractivity contribution in [1.82, 2.24) is 9.80 Å². The molecule has 0 radical (unpaired) electrons. The van der Waals surface area contributed by atoms with E-state index in [0.717, 1.165) is 25.7 Å². The predicted octanol–water partition coefficient (Wildman–Crippen LogP) is 2.70. The number of rotatable bonds is 3. The lowest BCUT2D eigenvalue weighted by atomic mass is 9.89. The molecule has 3 saturated heterocycles. The van der Waals surface area contributed by atoms with E-state index in [4.69, 9.17) is 14.2 Å². The molecular weight excluding hydrogens is 415 g/mol. The molecular formula is C24H29FN2O5. The summed E-state index contributed by atoms with van der Waals surface area (Å²) < 4.78 is 31.7. The van der Waals surface area contributed by atoms with Crippen LogP contribution < -0.4 is 0 Å². The highest BCUT2D eigenvalue weighted by Crippen LogP contribution is 2.34. The van der Waals surface area contributed by atoms with Crippen molar-refractivity contribution in [2.75, 3.05) is 32.8 Å². The molecule has 0 aromatic heterocycles. The van der Waals surface area contributed by atoms with E-state index in [2.05, 4.69) is 0 Å². The van der Waals surface area contributed by atoms with E-state index < -0.39 is 11.6 Å². The Labute approximate surface area is 187 Å². The minimum Gasteiger partial charge on any atom is -0.482 e. The van der Waals surface area contributed by atoms with Gasteiger partial charge in [-0.15, -0.1) is 0 Å². The quantitative estimate of drug-likeness (QED) is 0.671. The maximum Gasteiger partial charge on any atom is 0.289 e. The number of halogens is 1. The van der Waals surface area contributed by atoms with Crippen molar-refractivity contribution in [2.45, 2.75) is 56.5 Å². The lowest BCUT2D eigenvalue weighted by Crippen LogP contribution is -2.58. The number of benzene rings is 1. The van der Waals surface area contributed by atoms with Crippen LogP contribution in [0.2, 0.25) is 0 Å². The van der Waals surface area contributed by atoms with Crippen molar-refractivity contribution in [3.05, 3.63) is 41.4 Å². The average Bonchev–Trinajstić information content (AvgIpc) is 3.26. The first-order valence-electron chi connectivity index (χ1n) is 11.5. The highest BCUT2D eigenvalue weighted by atomic mass is 19.1. The number of carbonyl (C=O) groups is 2. The molecule has 3 aliphatic heterocycles. The summed E-state index contributed by atoms with van der Waals surface area (Å²) >= 11 is 0. The Bertz CT molecular complexity index is 903. The molecule has 3 heterocycles. The van der Waals surface area contributed by atoms with Crippen LogP contribution in [0.3, 0.4) is 0 Å². The SMILES string of the molecule is O=C(CN1C(=O)/C(=C/c2ccccc2F)OC2CCCCC21)N1CCC2(CC1)OCCO2. The maximum atomic E-state index is 14.2. The summed E-state index contributed by atoms with van der Waals surface area (Å²) in [5, 5.41) is 0. The number of ether oxygens (including phenoxy) is 3. The van der Waals surface area contributed by atoms with Gasteiger partial charge in [0.2, 0.25) is 5.91 Å². The summed E-state index contributed by atoms with van der Waals surface area (Å²) in [6.07, 6.45) is 6.20. The van der Waals surface area contributed by atoms with Gasteiger partial charge in [0.05, 0.1) is 19.3 Å². The Morgan fingerprint density at radius 3 is 2.59 bits per heavy atom. The fourth-order valence-electron chi connectivity index (χ4n) is 5.22. The van der Waals surface area contributed by atoms with Gasteiger partial charge < -0.3 is 24.0 Å². The number of nitrogens with zero attached hydrogens (tertiary/aromatic N) is 2. The smallest absolute Gasteiger partial charge is 0.289 e. The maximum absolute atomic E-state index is 14.2. The van der Waals surface area contributed by atoms with Crippen molar-refractivity contribution in [2.24, 2.45) is 0 Å². The highest BCUT2D eigenvalue weighted by Gasteiger charge is 2.44. The second kappa shape index (κ2) is 8.83. The second-order valence-electron chi connectivity index (χ2n) is 8.96. The number of morpholine rings is 1. The van der Waals surface area contributed by atoms with Crippen LogP contribution in [-0.4, -0.2) is 72.4 Å². The monoisotopic (exact) mass is 444 g/mol. The van der Waals surface area contributed by atoms with Gasteiger partial charge in [0.25, 0.3) is 5.91 Å². The van der Waals surface area contributed by atoms with Crippen LogP contribution in [0, 0.1) is 5.82 Å². The van der Waals surface area contributed by atoms with Crippen LogP contribution in [0.15, 0.2) is 30.0 Å². The molecule has 8 heteroatoms. The van der Waals surface area contributed by atoms with Crippen molar-refractivity contribution in [3.8, 4) is 0 Å². The number of carbonyl (C=O) groups excluding carboxylic acids is 2. The fourth-order valence-corrected chi connectivity index (χ4v) is 5.22. The minimum absolute atomic E-state index is 0.00663. The van der Waals surface area contributed by atoms with Crippen molar-refractivity contribution in [1.29, 1.82) is 0 Å². The molecule has 1 aromatic rings. The van der Waals surface area contributed by atoms with E-state index >= 15 is 0 Å². The number of fused-ring (bicyclic) bond motifs is 1. The topological polar surface area (TPSA) is 68.3 Å². The lowest BCUT2D eigenvalue weighted by molar-refractivity contribution is -0.188. The van der Waals surface area contributed by atoms with Gasteiger partial charge in [0.15, 0.2) is 11.5 Å². The number of amides is 2. The van der Waals surface area contributed by atoms with Crippen molar-refractivity contribution < 1.29 is 28.2 Å². The number of piperidine rings is 1. The van der Waals surface area contributed by atoms with Crippen LogP contribution in [0.5, 0.6) is 0 Å². The molecule has 2 atom stereocenters. The van der Waals surface area contributed by atoms with E-state index in [1.54, 1.807) is 28.0 Å². The summed E-state index contributed by atoms with van der Waals surface area (Å²) in [5.74, 6) is -1.28. The third kappa shape index (κ3) is 4.13. The van der Waals surface area contributed by atoms with Crippen molar-refractivity contribution >= 4 is 17.9 Å². The largest absolute Gasteiger partial charge is 0.482 e. The molecule has 1 aromatic carbocycles. The minimum atomic E-state index is -0.546. The molecule has 2 unspecified atom stereocenters. The zero-order valence-corrected chi connectivity index (χ0v) is 18.1. The number of hydrogen-bond donors (Lipinski definition) is 0. The molecule has 2 amide bonds. The van der Waals surface area contributed by atoms with E-state index in [-0.39, 0.29) is 36.3 Å². The third-order valence-electron chi connectivity index (χ3n) is 7.01. The van der Waals surface area contributed by atoms with E-state index in [9.17, 15) is 14.0 Å². The van der Waals surface area contributed by atoms with E-state index in [1.165, 1.54) is 12.1 Å². The molecule has 32 heavy (non-hydrogen) atoms. The molecule has 0 bridgehead atoms. The Morgan fingerprint density at radius 2 is 1.84 bits per heavy atom. The Kier molecular flexibility index (Phi) is 5.90. The molecule has 172 valence electrons. The lowest BCUT2D eigenvalue weighted by Gasteiger charge is -2.45. The molecule has 5 rings (SSSR count). The average molecular weight is 445 g/mol. The fraction of sp³-hybridized carbons (Fsp3) is 0.583. The summed E-state index contributed by atoms with van der Waals surface area (Å²) in [5.41, 5.74) is 0.300. The van der Waals surface area contributed by atoms with Gasteiger partial charge in [0, 0.05) is 31.5 Å². The van der Waals surface area contributed by atoms with Gasteiger partial charge in [-0.25, -0.2) is 4.39 Å². The van der Waals surface area contributed by atoms with Crippen LogP contribution in [0.1, 0.15) is 44.1 Å². The van der Waals surface area contributed by atoms with Gasteiger partial charge in [-0.05, 0) is 31.4 Å². The first kappa shape index (κ1) is 21.4. The van der Waals surface area contributed by atoms with Gasteiger partial charge in [-0.3, -0.25) is 9.59 Å². The highest BCUT2D eigenvalue weighted by molar-refractivity contribution is 5.98. The Morgan fingerprint density at radius 1 is 1.12 bits per heavy atom. The van der Waals surface area contributed by atoms with Crippen molar-refractivity contribution in [3.63, 3.8) is 0 Å². The van der Waals surface area contributed by atoms with Crippen LogP contribution >= 0.6 is 0 Å². The Hall–Kier alpha value is -2.45. The summed E-state index contributed by atoms with van der Waals surface area (Å²) in [4.78, 5) is 29.9. The summed E-state index contributed by atoms with van der Waals surface area (Å²) in [6.45, 7) is 2.28. The van der Waals surface area contributed by atoms with Gasteiger partial charge in [0.1, 0.15) is 18.5 Å².